The summed E-state index contributed by atoms with van der Waals surface area (Å²) in [6, 6.07) is 6.40. The topological polar surface area (TPSA) is 39.2 Å². The normalized spacial score (nSPS) is 12.6. The number of hydrogen-bond acceptors (Lipinski definition) is 2. The van der Waals surface area contributed by atoms with E-state index in [0.29, 0.717) is 12.5 Å². The van der Waals surface area contributed by atoms with Crippen molar-refractivity contribution >= 4 is 11.0 Å². The highest BCUT2D eigenvalue weighted by molar-refractivity contribution is 5.86. The van der Waals surface area contributed by atoms with Crippen molar-refractivity contribution in [3.05, 3.63) is 35.1 Å². The Bertz CT molecular complexity index is 558. The molecule has 2 aromatic rings. The van der Waals surface area contributed by atoms with Crippen LogP contribution in [0.15, 0.2) is 22.6 Å². The van der Waals surface area contributed by atoms with Crippen molar-refractivity contribution in [3.8, 4) is 0 Å². The molecule has 0 aliphatic heterocycles. The number of fused-ring (bicyclic) bond motifs is 1. The van der Waals surface area contributed by atoms with Crippen LogP contribution in [0.5, 0.6) is 0 Å². The molecule has 2 nitrogen and oxygen atoms in total. The maximum Gasteiger partial charge on any atom is 0.138 e. The van der Waals surface area contributed by atoms with Crippen LogP contribution < -0.4 is 5.73 Å². The van der Waals surface area contributed by atoms with Gasteiger partial charge in [-0.3, -0.25) is 0 Å². The van der Waals surface area contributed by atoms with Gasteiger partial charge in [0.05, 0.1) is 6.54 Å². The lowest BCUT2D eigenvalue weighted by Crippen LogP contribution is -2.14. The van der Waals surface area contributed by atoms with E-state index in [1.165, 1.54) is 16.5 Å². The summed E-state index contributed by atoms with van der Waals surface area (Å²) in [7, 11) is 0. The summed E-state index contributed by atoms with van der Waals surface area (Å²) < 4.78 is 6.04. The summed E-state index contributed by atoms with van der Waals surface area (Å²) in [5.74, 6) is 1.38. The zero-order valence-electron chi connectivity index (χ0n) is 12.0. The molecule has 0 atom stereocenters. The first-order chi connectivity index (χ1) is 8.36. The minimum Gasteiger partial charge on any atom is -0.459 e. The number of nitrogens with two attached hydrogens (primary N) is 1. The van der Waals surface area contributed by atoms with Crippen LogP contribution in [0.3, 0.4) is 0 Å². The van der Waals surface area contributed by atoms with E-state index in [1.54, 1.807) is 0 Å². The third-order valence-corrected chi connectivity index (χ3v) is 3.38. The quantitative estimate of drug-likeness (QED) is 0.856. The van der Waals surface area contributed by atoms with E-state index >= 15 is 0 Å². The minimum atomic E-state index is 0.0511. The molecule has 0 bridgehead atoms. The molecule has 0 fully saturated rings. The largest absolute Gasteiger partial charge is 0.459 e. The highest BCUT2D eigenvalue weighted by Gasteiger charge is 2.25. The van der Waals surface area contributed by atoms with Crippen molar-refractivity contribution < 1.29 is 4.42 Å². The Morgan fingerprint density at radius 2 is 1.89 bits per heavy atom. The van der Waals surface area contributed by atoms with Gasteiger partial charge in [0.1, 0.15) is 11.3 Å². The van der Waals surface area contributed by atoms with Gasteiger partial charge >= 0.3 is 0 Å². The molecule has 1 heterocycles. The van der Waals surface area contributed by atoms with Crippen LogP contribution in [0.1, 0.15) is 57.4 Å². The molecule has 0 radical (unpaired) electrons. The van der Waals surface area contributed by atoms with Gasteiger partial charge in [-0.05, 0) is 16.9 Å². The van der Waals surface area contributed by atoms with Crippen LogP contribution in [0.4, 0.5) is 0 Å². The Morgan fingerprint density at radius 1 is 1.22 bits per heavy atom. The van der Waals surface area contributed by atoms with Gasteiger partial charge in [-0.2, -0.15) is 0 Å². The standard InChI is InChI=1S/C16H23NO/c1-10(2)11-7-6-8-12-14(16(3,4)5)13(9-17)18-15(11)12/h6-8,10H,9,17H2,1-5H3. The van der Waals surface area contributed by atoms with Gasteiger partial charge in [-0.15, -0.1) is 0 Å². The molecule has 0 aliphatic rings. The van der Waals surface area contributed by atoms with Gasteiger partial charge < -0.3 is 10.2 Å². The van der Waals surface area contributed by atoms with Gasteiger partial charge in [0.2, 0.25) is 0 Å². The van der Waals surface area contributed by atoms with Crippen molar-refractivity contribution in [2.45, 2.75) is 52.5 Å². The van der Waals surface area contributed by atoms with Crippen LogP contribution in [-0.4, -0.2) is 0 Å². The highest BCUT2D eigenvalue weighted by atomic mass is 16.3. The summed E-state index contributed by atoms with van der Waals surface area (Å²) in [5, 5.41) is 1.22. The molecule has 0 unspecified atom stereocenters. The smallest absolute Gasteiger partial charge is 0.138 e. The second kappa shape index (κ2) is 4.43. The van der Waals surface area contributed by atoms with E-state index in [1.807, 2.05) is 0 Å². The van der Waals surface area contributed by atoms with E-state index in [9.17, 15) is 0 Å². The maximum absolute atomic E-state index is 6.04. The summed E-state index contributed by atoms with van der Waals surface area (Å²) in [6.07, 6.45) is 0. The average Bonchev–Trinajstić information content (AvgIpc) is 2.65. The fourth-order valence-electron chi connectivity index (χ4n) is 2.61. The molecule has 1 aromatic heterocycles. The van der Waals surface area contributed by atoms with Gasteiger partial charge in [0.15, 0.2) is 0 Å². The molecule has 2 N–H and O–H groups in total. The summed E-state index contributed by atoms with van der Waals surface area (Å²) >= 11 is 0. The van der Waals surface area contributed by atoms with E-state index in [4.69, 9.17) is 10.2 Å². The first kappa shape index (κ1) is 13.2. The lowest BCUT2D eigenvalue weighted by Gasteiger charge is -2.19. The Balaban J connectivity index is 2.82. The third kappa shape index (κ3) is 2.05. The van der Waals surface area contributed by atoms with E-state index in [-0.39, 0.29) is 5.41 Å². The second-order valence-electron chi connectivity index (χ2n) is 6.23. The fourth-order valence-corrected chi connectivity index (χ4v) is 2.61. The number of hydrogen-bond donors (Lipinski definition) is 1. The molecule has 0 saturated carbocycles. The van der Waals surface area contributed by atoms with Gasteiger partial charge in [0, 0.05) is 10.9 Å². The fraction of sp³-hybridized carbons (Fsp3) is 0.500. The molecule has 2 heteroatoms. The molecule has 18 heavy (non-hydrogen) atoms. The van der Waals surface area contributed by atoms with E-state index in [0.717, 1.165) is 11.3 Å². The van der Waals surface area contributed by atoms with Crippen molar-refractivity contribution in [3.63, 3.8) is 0 Å². The van der Waals surface area contributed by atoms with Crippen LogP contribution in [0, 0.1) is 0 Å². The van der Waals surface area contributed by atoms with Crippen LogP contribution in [-0.2, 0) is 12.0 Å². The molecule has 0 aliphatic carbocycles. The predicted molar refractivity (Wildman–Crippen MR) is 76.9 cm³/mol. The zero-order valence-corrected chi connectivity index (χ0v) is 12.0. The van der Waals surface area contributed by atoms with Crippen LogP contribution in [0.2, 0.25) is 0 Å². The Hall–Kier alpha value is -1.28. The van der Waals surface area contributed by atoms with Crippen LogP contribution >= 0.6 is 0 Å². The molecule has 2 rings (SSSR count). The summed E-state index contributed by atoms with van der Waals surface area (Å²) in [4.78, 5) is 0. The van der Waals surface area contributed by atoms with Crippen molar-refractivity contribution in [2.75, 3.05) is 0 Å². The average molecular weight is 245 g/mol. The molecule has 98 valence electrons. The lowest BCUT2D eigenvalue weighted by atomic mass is 9.84. The van der Waals surface area contributed by atoms with Crippen molar-refractivity contribution in [2.24, 2.45) is 5.73 Å². The highest BCUT2D eigenvalue weighted by Crippen LogP contribution is 2.38. The third-order valence-electron chi connectivity index (χ3n) is 3.38. The van der Waals surface area contributed by atoms with Gasteiger partial charge in [-0.25, -0.2) is 0 Å². The Labute approximate surface area is 109 Å². The van der Waals surface area contributed by atoms with Crippen molar-refractivity contribution in [1.29, 1.82) is 0 Å². The monoisotopic (exact) mass is 245 g/mol. The number of rotatable bonds is 2. The molecule has 0 spiro atoms. The SMILES string of the molecule is CC(C)c1cccc2c(C(C)(C)C)c(CN)oc12. The Morgan fingerprint density at radius 3 is 2.39 bits per heavy atom. The van der Waals surface area contributed by atoms with E-state index in [2.05, 4.69) is 52.8 Å². The first-order valence-electron chi connectivity index (χ1n) is 6.61. The summed E-state index contributed by atoms with van der Waals surface area (Å²) in [5.41, 5.74) is 9.42. The lowest BCUT2D eigenvalue weighted by molar-refractivity contribution is 0.508. The van der Waals surface area contributed by atoms with E-state index < -0.39 is 0 Å². The van der Waals surface area contributed by atoms with Crippen molar-refractivity contribution in [1.82, 2.24) is 0 Å². The zero-order chi connectivity index (χ0) is 13.5. The van der Waals surface area contributed by atoms with Gasteiger partial charge in [0.25, 0.3) is 0 Å². The predicted octanol–water partition coefficient (Wildman–Crippen LogP) is 4.31. The first-order valence-corrected chi connectivity index (χ1v) is 6.61. The van der Waals surface area contributed by atoms with Gasteiger partial charge in [-0.1, -0.05) is 52.8 Å². The van der Waals surface area contributed by atoms with Crippen LogP contribution in [0.25, 0.3) is 11.0 Å². The number of benzene rings is 1. The second-order valence-corrected chi connectivity index (χ2v) is 6.23. The maximum atomic E-state index is 6.04. The Kier molecular flexibility index (Phi) is 3.24. The number of furan rings is 1. The molecular weight excluding hydrogens is 222 g/mol. The molecule has 1 aromatic carbocycles. The molecule has 0 saturated heterocycles. The number of para-hydroxylation sites is 1. The minimum absolute atomic E-state index is 0.0511. The molecular formula is C16H23NO. The summed E-state index contributed by atoms with van der Waals surface area (Å²) in [6.45, 7) is 11.5. The molecule has 0 amide bonds.